The smallest absolute Gasteiger partial charge is 0.310 e. The van der Waals surface area contributed by atoms with E-state index < -0.39 is 0 Å². The van der Waals surface area contributed by atoms with Gasteiger partial charge in [0.25, 0.3) is 0 Å². The highest BCUT2D eigenvalue weighted by molar-refractivity contribution is 6.43. The average Bonchev–Trinajstić information content (AvgIpc) is 2.12. The molecule has 0 heterocycles. The van der Waals surface area contributed by atoms with Crippen molar-refractivity contribution in [3.8, 4) is 0 Å². The summed E-state index contributed by atoms with van der Waals surface area (Å²) in [6.07, 6.45) is 1.21. The molecular weight excluding hydrogens is 216 g/mol. The normalized spacial score (nSPS) is 20.4. The lowest BCUT2D eigenvalue weighted by atomic mass is 9.79. The van der Waals surface area contributed by atoms with Gasteiger partial charge in [-0.25, -0.2) is 0 Å². The van der Waals surface area contributed by atoms with Crippen molar-refractivity contribution in [3.05, 3.63) is 10.8 Å². The quantitative estimate of drug-likeness (QED) is 0.685. The lowest BCUT2D eigenvalue weighted by Gasteiger charge is -2.29. The van der Waals surface area contributed by atoms with E-state index in [0.717, 1.165) is 0 Å². The molecule has 0 aromatic rings. The number of Topliss-reactive ketones (excluding diaryl/α,β-unsaturated/α-hetero) is 1. The Morgan fingerprint density at radius 1 is 1.47 bits per heavy atom. The minimum atomic E-state index is -0.353. The number of carbonyl (C=O) groups excluding carboxylic acids is 2. The van der Waals surface area contributed by atoms with Crippen LogP contribution in [0.25, 0.3) is 0 Å². The number of allylic oxidation sites excluding steroid dienone is 2. The van der Waals surface area contributed by atoms with Gasteiger partial charge in [-0.1, -0.05) is 32.4 Å². The van der Waals surface area contributed by atoms with E-state index in [0.29, 0.717) is 18.6 Å². The van der Waals surface area contributed by atoms with Gasteiger partial charge in [0, 0.05) is 19.3 Å². The van der Waals surface area contributed by atoms with E-state index >= 15 is 0 Å². The maximum absolute atomic E-state index is 11.5. The molecule has 0 amide bonds. The molecule has 0 saturated carbocycles. The van der Waals surface area contributed by atoms with Crippen LogP contribution in [-0.2, 0) is 14.3 Å². The molecule has 0 aromatic carbocycles. The monoisotopic (exact) mass is 230 g/mol. The fourth-order valence-corrected chi connectivity index (χ4v) is 1.71. The second-order valence-electron chi connectivity index (χ2n) is 4.51. The number of hydrogen-bond acceptors (Lipinski definition) is 3. The molecule has 0 aliphatic heterocycles. The fourth-order valence-electron chi connectivity index (χ4n) is 1.53. The van der Waals surface area contributed by atoms with Gasteiger partial charge < -0.3 is 4.74 Å². The molecule has 15 heavy (non-hydrogen) atoms. The number of halogens is 1. The summed E-state index contributed by atoms with van der Waals surface area (Å²) in [6.45, 7) is 5.61. The second-order valence-corrected chi connectivity index (χ2v) is 4.88. The van der Waals surface area contributed by atoms with Crippen LogP contribution in [0.4, 0.5) is 0 Å². The van der Waals surface area contributed by atoms with Crippen LogP contribution in [-0.4, -0.2) is 11.8 Å². The van der Waals surface area contributed by atoms with E-state index in [4.69, 9.17) is 16.3 Å². The molecule has 0 bridgehead atoms. The minimum absolute atomic E-state index is 0.0797. The van der Waals surface area contributed by atoms with Gasteiger partial charge in [0.1, 0.15) is 10.8 Å². The number of rotatable bonds is 2. The van der Waals surface area contributed by atoms with Crippen molar-refractivity contribution in [2.45, 2.75) is 40.0 Å². The van der Waals surface area contributed by atoms with Crippen LogP contribution >= 0.6 is 11.6 Å². The highest BCUT2D eigenvalue weighted by Gasteiger charge is 2.34. The Morgan fingerprint density at radius 2 is 2.07 bits per heavy atom. The molecule has 1 aliphatic rings. The van der Waals surface area contributed by atoms with Crippen molar-refractivity contribution in [2.75, 3.05) is 0 Å². The Labute approximate surface area is 94.4 Å². The Balaban J connectivity index is 2.89. The predicted molar refractivity (Wildman–Crippen MR) is 57.3 cm³/mol. The number of hydrogen-bond donors (Lipinski definition) is 0. The first-order valence-corrected chi connectivity index (χ1v) is 5.36. The zero-order chi connectivity index (χ0) is 11.6. The van der Waals surface area contributed by atoms with E-state index in [1.807, 2.05) is 13.8 Å². The summed E-state index contributed by atoms with van der Waals surface area (Å²) in [5.74, 6) is -0.176. The minimum Gasteiger partial charge on any atom is -0.429 e. The predicted octanol–water partition coefficient (Wildman–Crippen LogP) is 2.78. The molecule has 0 radical (unpaired) electrons. The summed E-state index contributed by atoms with van der Waals surface area (Å²) in [7, 11) is 0. The zero-order valence-electron chi connectivity index (χ0n) is 9.22. The fraction of sp³-hybridized carbons (Fsp3) is 0.636. The highest BCUT2D eigenvalue weighted by Crippen LogP contribution is 2.38. The molecule has 0 saturated heterocycles. The van der Waals surface area contributed by atoms with Gasteiger partial charge >= 0.3 is 5.97 Å². The van der Waals surface area contributed by atoms with Crippen LogP contribution in [0.3, 0.4) is 0 Å². The molecule has 0 aromatic heterocycles. The van der Waals surface area contributed by atoms with Gasteiger partial charge in [0.15, 0.2) is 5.78 Å². The van der Waals surface area contributed by atoms with Crippen LogP contribution in [0.5, 0.6) is 0 Å². The highest BCUT2D eigenvalue weighted by atomic mass is 35.5. The molecule has 0 fully saturated rings. The first-order valence-electron chi connectivity index (χ1n) is 4.98. The molecule has 0 N–H and O–H groups in total. The summed E-state index contributed by atoms with van der Waals surface area (Å²) >= 11 is 5.81. The lowest BCUT2D eigenvalue weighted by Crippen LogP contribution is -2.26. The van der Waals surface area contributed by atoms with Crippen LogP contribution in [0.15, 0.2) is 10.8 Å². The largest absolute Gasteiger partial charge is 0.429 e. The number of ketones is 1. The van der Waals surface area contributed by atoms with Crippen molar-refractivity contribution >= 4 is 23.4 Å². The van der Waals surface area contributed by atoms with Crippen molar-refractivity contribution < 1.29 is 14.3 Å². The van der Waals surface area contributed by atoms with Gasteiger partial charge in [0.2, 0.25) is 0 Å². The van der Waals surface area contributed by atoms with E-state index in [9.17, 15) is 9.59 Å². The Morgan fingerprint density at radius 3 is 2.60 bits per heavy atom. The molecule has 84 valence electrons. The molecule has 1 aliphatic carbocycles. The Kier molecular flexibility index (Phi) is 3.55. The maximum Gasteiger partial charge on any atom is 0.310 e. The van der Waals surface area contributed by atoms with E-state index in [1.165, 1.54) is 0 Å². The van der Waals surface area contributed by atoms with Gasteiger partial charge in [0.05, 0.1) is 0 Å². The number of ether oxygens (including phenoxy) is 1. The summed E-state index contributed by atoms with van der Waals surface area (Å²) in [5, 5.41) is 0.0797. The second kappa shape index (κ2) is 4.35. The molecule has 0 atom stereocenters. The van der Waals surface area contributed by atoms with E-state index in [-0.39, 0.29) is 28.6 Å². The molecule has 1 rings (SSSR count). The van der Waals surface area contributed by atoms with Gasteiger partial charge in [-0.05, 0) is 5.41 Å². The number of esters is 1. The van der Waals surface area contributed by atoms with Crippen LogP contribution in [0.1, 0.15) is 40.0 Å². The number of carbonyl (C=O) groups is 2. The van der Waals surface area contributed by atoms with Crippen molar-refractivity contribution in [3.63, 3.8) is 0 Å². The van der Waals surface area contributed by atoms with Gasteiger partial charge in [-0.2, -0.15) is 0 Å². The molecular formula is C11H15ClO3. The lowest BCUT2D eigenvalue weighted by molar-refractivity contribution is -0.140. The molecule has 0 spiro atoms. The van der Waals surface area contributed by atoms with Crippen LogP contribution < -0.4 is 0 Å². The van der Waals surface area contributed by atoms with E-state index in [2.05, 4.69) is 0 Å². The first kappa shape index (κ1) is 12.2. The van der Waals surface area contributed by atoms with Crippen molar-refractivity contribution in [2.24, 2.45) is 5.41 Å². The first-order chi connectivity index (χ1) is 6.85. The topological polar surface area (TPSA) is 43.4 Å². The third-order valence-corrected chi connectivity index (χ3v) is 2.72. The Bertz CT molecular complexity index is 329. The third kappa shape index (κ3) is 3.06. The summed E-state index contributed by atoms with van der Waals surface area (Å²) < 4.78 is 5.05. The summed E-state index contributed by atoms with van der Waals surface area (Å²) in [4.78, 5) is 22.6. The van der Waals surface area contributed by atoms with Crippen LogP contribution in [0, 0.1) is 5.41 Å². The summed E-state index contributed by atoms with van der Waals surface area (Å²) in [5.41, 5.74) is -0.182. The molecule has 3 nitrogen and oxygen atoms in total. The summed E-state index contributed by atoms with van der Waals surface area (Å²) in [6, 6.07) is 0. The van der Waals surface area contributed by atoms with Crippen molar-refractivity contribution in [1.82, 2.24) is 0 Å². The molecule has 4 heteroatoms. The zero-order valence-corrected chi connectivity index (χ0v) is 9.98. The Hall–Kier alpha value is -0.830. The molecule has 0 unspecified atom stereocenters. The van der Waals surface area contributed by atoms with Gasteiger partial charge in [-0.3, -0.25) is 9.59 Å². The maximum atomic E-state index is 11.5. The van der Waals surface area contributed by atoms with Crippen molar-refractivity contribution in [1.29, 1.82) is 0 Å². The van der Waals surface area contributed by atoms with E-state index in [1.54, 1.807) is 6.92 Å². The third-order valence-electron chi connectivity index (χ3n) is 2.29. The van der Waals surface area contributed by atoms with Gasteiger partial charge in [-0.15, -0.1) is 0 Å². The standard InChI is InChI=1S/C11H15ClO3/c1-4-9(14)15-8-6-11(2,3)5-7(13)10(8)12/h4-6H2,1-3H3. The van der Waals surface area contributed by atoms with Crippen LogP contribution in [0.2, 0.25) is 0 Å². The SMILES string of the molecule is CCC(=O)OC1=C(Cl)C(=O)CC(C)(C)C1. The average molecular weight is 231 g/mol.